The van der Waals surface area contributed by atoms with Crippen LogP contribution in [0.1, 0.15) is 24.3 Å². The summed E-state index contributed by atoms with van der Waals surface area (Å²) in [5.74, 6) is -0.689. The molecule has 2 aromatic carbocycles. The van der Waals surface area contributed by atoms with Gasteiger partial charge in [-0.3, -0.25) is 9.78 Å². The standard InChI is InChI=1S/C22H23FN4O/c1-3-27(4-2)18-11-9-16(10-12-18)26-22(28)21-15-17(13-14-24-21)25-20-8-6-5-7-19(20)23/h5-15H,3-4H2,1-2H3,(H,24,25)(H,26,28). The number of hydrogen-bond donors (Lipinski definition) is 2. The molecule has 0 atom stereocenters. The zero-order chi connectivity index (χ0) is 19.9. The number of anilines is 4. The Kier molecular flexibility index (Phi) is 6.22. The lowest BCUT2D eigenvalue weighted by molar-refractivity contribution is 0.102. The Balaban J connectivity index is 1.70. The molecular formula is C22H23FN4O. The second-order valence-electron chi connectivity index (χ2n) is 6.21. The van der Waals surface area contributed by atoms with Gasteiger partial charge in [0.05, 0.1) is 5.69 Å². The summed E-state index contributed by atoms with van der Waals surface area (Å²) in [4.78, 5) is 18.9. The highest BCUT2D eigenvalue weighted by Gasteiger charge is 2.10. The number of hydrogen-bond acceptors (Lipinski definition) is 4. The summed E-state index contributed by atoms with van der Waals surface area (Å²) >= 11 is 0. The fourth-order valence-electron chi connectivity index (χ4n) is 2.89. The van der Waals surface area contributed by atoms with E-state index in [-0.39, 0.29) is 17.4 Å². The predicted molar refractivity (Wildman–Crippen MR) is 112 cm³/mol. The molecule has 3 rings (SSSR count). The minimum atomic E-state index is -0.362. The summed E-state index contributed by atoms with van der Waals surface area (Å²) in [6.07, 6.45) is 1.52. The Bertz CT molecular complexity index is 939. The molecule has 28 heavy (non-hydrogen) atoms. The van der Waals surface area contributed by atoms with E-state index in [4.69, 9.17) is 0 Å². The van der Waals surface area contributed by atoms with Gasteiger partial charge in [-0.15, -0.1) is 0 Å². The van der Waals surface area contributed by atoms with Crippen LogP contribution in [0.5, 0.6) is 0 Å². The average Bonchev–Trinajstić information content (AvgIpc) is 2.72. The smallest absolute Gasteiger partial charge is 0.274 e. The largest absolute Gasteiger partial charge is 0.372 e. The van der Waals surface area contributed by atoms with Crippen molar-refractivity contribution in [1.29, 1.82) is 0 Å². The van der Waals surface area contributed by atoms with E-state index in [0.717, 1.165) is 18.8 Å². The number of halogens is 1. The normalized spacial score (nSPS) is 10.4. The van der Waals surface area contributed by atoms with Crippen LogP contribution < -0.4 is 15.5 Å². The molecule has 0 radical (unpaired) electrons. The summed E-state index contributed by atoms with van der Waals surface area (Å²) < 4.78 is 13.8. The van der Waals surface area contributed by atoms with E-state index in [1.54, 1.807) is 30.3 Å². The average molecular weight is 378 g/mol. The Hall–Kier alpha value is -3.41. The van der Waals surface area contributed by atoms with E-state index in [9.17, 15) is 9.18 Å². The van der Waals surface area contributed by atoms with E-state index in [1.165, 1.54) is 12.3 Å². The molecule has 1 amide bonds. The van der Waals surface area contributed by atoms with Gasteiger partial charge in [0, 0.05) is 36.3 Å². The molecule has 6 heteroatoms. The zero-order valence-corrected chi connectivity index (χ0v) is 15.9. The number of aromatic nitrogens is 1. The van der Waals surface area contributed by atoms with Crippen molar-refractivity contribution in [3.8, 4) is 0 Å². The van der Waals surface area contributed by atoms with Gasteiger partial charge in [0.1, 0.15) is 11.5 Å². The molecule has 0 aliphatic rings. The van der Waals surface area contributed by atoms with Gasteiger partial charge in [-0.05, 0) is 62.4 Å². The van der Waals surface area contributed by atoms with Crippen LogP contribution in [0.2, 0.25) is 0 Å². The summed E-state index contributed by atoms with van der Waals surface area (Å²) in [7, 11) is 0. The first kappa shape index (κ1) is 19.4. The number of nitrogens with one attached hydrogen (secondary N) is 2. The van der Waals surface area contributed by atoms with E-state index in [0.29, 0.717) is 17.1 Å². The third kappa shape index (κ3) is 4.65. The number of benzene rings is 2. The minimum absolute atomic E-state index is 0.245. The zero-order valence-electron chi connectivity index (χ0n) is 15.9. The van der Waals surface area contributed by atoms with Crippen molar-refractivity contribution in [3.63, 3.8) is 0 Å². The molecule has 0 spiro atoms. The van der Waals surface area contributed by atoms with Gasteiger partial charge in [-0.25, -0.2) is 4.39 Å². The molecule has 5 nitrogen and oxygen atoms in total. The number of nitrogens with zero attached hydrogens (tertiary/aromatic N) is 2. The van der Waals surface area contributed by atoms with Gasteiger partial charge < -0.3 is 15.5 Å². The summed E-state index contributed by atoms with van der Waals surface area (Å²) in [5, 5.41) is 5.80. The van der Waals surface area contributed by atoms with Gasteiger partial charge in [-0.2, -0.15) is 0 Å². The first-order valence-electron chi connectivity index (χ1n) is 9.24. The van der Waals surface area contributed by atoms with Crippen LogP contribution >= 0.6 is 0 Å². The van der Waals surface area contributed by atoms with Crippen LogP contribution in [0, 0.1) is 5.82 Å². The Labute approximate surface area is 164 Å². The van der Waals surface area contributed by atoms with Crippen LogP contribution in [0.3, 0.4) is 0 Å². The van der Waals surface area contributed by atoms with Gasteiger partial charge in [0.25, 0.3) is 5.91 Å². The molecule has 144 valence electrons. The van der Waals surface area contributed by atoms with Crippen molar-refractivity contribution < 1.29 is 9.18 Å². The van der Waals surface area contributed by atoms with E-state index < -0.39 is 0 Å². The fraction of sp³-hybridized carbons (Fsp3) is 0.182. The van der Waals surface area contributed by atoms with Crippen LogP contribution in [-0.4, -0.2) is 24.0 Å². The maximum Gasteiger partial charge on any atom is 0.274 e. The highest BCUT2D eigenvalue weighted by Crippen LogP contribution is 2.21. The van der Waals surface area contributed by atoms with Crippen molar-refractivity contribution in [1.82, 2.24) is 4.98 Å². The van der Waals surface area contributed by atoms with Crippen molar-refractivity contribution in [2.45, 2.75) is 13.8 Å². The Morgan fingerprint density at radius 3 is 2.39 bits per heavy atom. The number of rotatable bonds is 7. The predicted octanol–water partition coefficient (Wildman–Crippen LogP) is 5.06. The highest BCUT2D eigenvalue weighted by atomic mass is 19.1. The maximum atomic E-state index is 13.8. The molecule has 2 N–H and O–H groups in total. The number of pyridine rings is 1. The third-order valence-corrected chi connectivity index (χ3v) is 4.40. The second-order valence-corrected chi connectivity index (χ2v) is 6.21. The first-order chi connectivity index (χ1) is 13.6. The number of amides is 1. The monoisotopic (exact) mass is 378 g/mol. The van der Waals surface area contributed by atoms with E-state index in [1.807, 2.05) is 24.3 Å². The third-order valence-electron chi connectivity index (χ3n) is 4.40. The lowest BCUT2D eigenvalue weighted by atomic mass is 10.2. The number of para-hydroxylation sites is 1. The van der Waals surface area contributed by atoms with Crippen molar-refractivity contribution in [3.05, 3.63) is 78.4 Å². The molecule has 0 saturated heterocycles. The molecule has 0 bridgehead atoms. The van der Waals surface area contributed by atoms with Gasteiger partial charge in [-0.1, -0.05) is 12.1 Å². The molecule has 0 aliphatic heterocycles. The van der Waals surface area contributed by atoms with Crippen LogP contribution in [0.25, 0.3) is 0 Å². The molecule has 0 aliphatic carbocycles. The SMILES string of the molecule is CCN(CC)c1ccc(NC(=O)c2cc(Nc3ccccc3F)ccn2)cc1. The first-order valence-corrected chi connectivity index (χ1v) is 9.24. The maximum absolute atomic E-state index is 13.8. The van der Waals surface area contributed by atoms with Crippen LogP contribution in [-0.2, 0) is 0 Å². The van der Waals surface area contributed by atoms with Gasteiger partial charge in [0.15, 0.2) is 0 Å². The summed E-state index contributed by atoms with van der Waals surface area (Å²) in [6.45, 7) is 6.06. The number of carbonyl (C=O) groups excluding carboxylic acids is 1. The molecule has 3 aromatic rings. The van der Waals surface area contributed by atoms with Crippen molar-refractivity contribution in [2.75, 3.05) is 28.6 Å². The number of carbonyl (C=O) groups is 1. The van der Waals surface area contributed by atoms with Crippen LogP contribution in [0.15, 0.2) is 66.9 Å². The summed E-state index contributed by atoms with van der Waals surface area (Å²) in [5.41, 5.74) is 2.97. The van der Waals surface area contributed by atoms with E-state index in [2.05, 4.69) is 34.4 Å². The molecule has 0 saturated carbocycles. The van der Waals surface area contributed by atoms with Crippen molar-refractivity contribution >= 4 is 28.7 Å². The highest BCUT2D eigenvalue weighted by molar-refractivity contribution is 6.03. The van der Waals surface area contributed by atoms with Gasteiger partial charge >= 0.3 is 0 Å². The lowest BCUT2D eigenvalue weighted by Gasteiger charge is -2.21. The second kappa shape index (κ2) is 8.99. The Morgan fingerprint density at radius 1 is 1.00 bits per heavy atom. The molecule has 0 fully saturated rings. The quantitative estimate of drug-likeness (QED) is 0.603. The topological polar surface area (TPSA) is 57.3 Å². The molecule has 0 unspecified atom stereocenters. The van der Waals surface area contributed by atoms with E-state index >= 15 is 0 Å². The fourth-order valence-corrected chi connectivity index (χ4v) is 2.89. The van der Waals surface area contributed by atoms with Crippen LogP contribution in [0.4, 0.5) is 27.1 Å². The molecule has 1 heterocycles. The Morgan fingerprint density at radius 2 is 1.71 bits per heavy atom. The lowest BCUT2D eigenvalue weighted by Crippen LogP contribution is -2.21. The molecule has 1 aromatic heterocycles. The summed E-state index contributed by atoms with van der Waals surface area (Å²) in [6, 6.07) is 17.3. The minimum Gasteiger partial charge on any atom is -0.372 e. The molecular weight excluding hydrogens is 355 g/mol. The van der Waals surface area contributed by atoms with Crippen molar-refractivity contribution in [2.24, 2.45) is 0 Å². The van der Waals surface area contributed by atoms with Gasteiger partial charge in [0.2, 0.25) is 0 Å².